The van der Waals surface area contributed by atoms with Crippen LogP contribution in [0.25, 0.3) is 10.8 Å². The molecule has 2 N–H and O–H groups in total. The van der Waals surface area contributed by atoms with Gasteiger partial charge in [-0.2, -0.15) is 0 Å². The van der Waals surface area contributed by atoms with Gasteiger partial charge in [-0.15, -0.1) is 0 Å². The van der Waals surface area contributed by atoms with Crippen LogP contribution in [0.1, 0.15) is 12.5 Å². The van der Waals surface area contributed by atoms with Gasteiger partial charge in [0.1, 0.15) is 5.82 Å². The number of hydrogen-bond donors (Lipinski definition) is 1. The monoisotopic (exact) mass is 241 g/mol. The molecule has 1 aromatic carbocycles. The van der Waals surface area contributed by atoms with Gasteiger partial charge < -0.3 is 10.6 Å². The fraction of sp³-hybridized carbons (Fsp3) is 0.267. The summed E-state index contributed by atoms with van der Waals surface area (Å²) in [5, 5.41) is 2.32. The summed E-state index contributed by atoms with van der Waals surface area (Å²) in [4.78, 5) is 6.65. The van der Waals surface area contributed by atoms with E-state index in [0.717, 1.165) is 28.9 Å². The Balaban J connectivity index is 2.55. The van der Waals surface area contributed by atoms with E-state index in [-0.39, 0.29) is 0 Å². The molecule has 1 aromatic heterocycles. The minimum Gasteiger partial charge on any atom is -0.355 e. The van der Waals surface area contributed by atoms with E-state index >= 15 is 0 Å². The van der Waals surface area contributed by atoms with E-state index in [2.05, 4.69) is 28.6 Å². The Morgan fingerprint density at radius 3 is 2.61 bits per heavy atom. The Hall–Kier alpha value is -1.87. The first-order valence-electron chi connectivity index (χ1n) is 6.05. The van der Waals surface area contributed by atoms with Crippen molar-refractivity contribution >= 4 is 16.6 Å². The summed E-state index contributed by atoms with van der Waals surface area (Å²) in [6, 6.07) is 8.25. The lowest BCUT2D eigenvalue weighted by Gasteiger charge is -2.20. The van der Waals surface area contributed by atoms with Gasteiger partial charge in [-0.3, -0.25) is 0 Å². The Morgan fingerprint density at radius 1 is 1.33 bits per heavy atom. The molecule has 18 heavy (non-hydrogen) atoms. The number of benzene rings is 1. The summed E-state index contributed by atoms with van der Waals surface area (Å²) in [6.45, 7) is 7.28. The van der Waals surface area contributed by atoms with Gasteiger partial charge in [-0.05, 0) is 17.9 Å². The topological polar surface area (TPSA) is 42.2 Å². The normalized spacial score (nSPS) is 10.6. The number of nitrogens with zero attached hydrogens (tertiary/aromatic N) is 2. The molecular formula is C15H19N3. The van der Waals surface area contributed by atoms with Crippen molar-refractivity contribution in [2.75, 3.05) is 18.5 Å². The second-order valence-electron chi connectivity index (χ2n) is 4.67. The molecule has 0 aliphatic heterocycles. The molecule has 2 rings (SSSR count). The third-order valence-corrected chi connectivity index (χ3v) is 2.95. The standard InChI is InChI=1S/C15H19N3/c1-11(2)10-18(3)15-14-7-5-4-6-13(14)12(8-16)9-17-15/h4-7,9H,1,8,10,16H2,2-3H3. The summed E-state index contributed by atoms with van der Waals surface area (Å²) in [5.41, 5.74) is 7.95. The van der Waals surface area contributed by atoms with Crippen molar-refractivity contribution in [2.24, 2.45) is 5.73 Å². The van der Waals surface area contributed by atoms with Crippen molar-refractivity contribution in [3.05, 3.63) is 48.2 Å². The zero-order chi connectivity index (χ0) is 13.1. The Kier molecular flexibility index (Phi) is 3.63. The van der Waals surface area contributed by atoms with E-state index in [0.29, 0.717) is 6.54 Å². The molecule has 94 valence electrons. The van der Waals surface area contributed by atoms with Gasteiger partial charge in [-0.25, -0.2) is 4.98 Å². The minimum atomic E-state index is 0.512. The Morgan fingerprint density at radius 2 is 2.00 bits per heavy atom. The van der Waals surface area contributed by atoms with Gasteiger partial charge in [0.05, 0.1) is 0 Å². The van der Waals surface area contributed by atoms with Crippen LogP contribution in [-0.4, -0.2) is 18.6 Å². The van der Waals surface area contributed by atoms with Crippen molar-refractivity contribution in [1.29, 1.82) is 0 Å². The van der Waals surface area contributed by atoms with E-state index in [1.165, 1.54) is 5.39 Å². The third kappa shape index (κ3) is 2.36. The van der Waals surface area contributed by atoms with E-state index in [1.807, 2.05) is 32.3 Å². The van der Waals surface area contributed by atoms with Gasteiger partial charge in [0.15, 0.2) is 0 Å². The van der Waals surface area contributed by atoms with Crippen molar-refractivity contribution in [1.82, 2.24) is 4.98 Å². The Labute approximate surface area is 108 Å². The smallest absolute Gasteiger partial charge is 0.136 e. The highest BCUT2D eigenvalue weighted by atomic mass is 15.2. The van der Waals surface area contributed by atoms with Crippen molar-refractivity contribution in [3.63, 3.8) is 0 Å². The third-order valence-electron chi connectivity index (χ3n) is 2.95. The summed E-state index contributed by atoms with van der Waals surface area (Å²) in [6.07, 6.45) is 1.87. The maximum atomic E-state index is 5.76. The highest BCUT2D eigenvalue weighted by Gasteiger charge is 2.09. The molecule has 0 atom stereocenters. The lowest BCUT2D eigenvalue weighted by molar-refractivity contribution is 0.956. The van der Waals surface area contributed by atoms with Gasteiger partial charge >= 0.3 is 0 Å². The number of nitrogens with two attached hydrogens (primary N) is 1. The molecule has 0 saturated heterocycles. The molecule has 0 bridgehead atoms. The second kappa shape index (κ2) is 5.19. The number of rotatable bonds is 4. The van der Waals surface area contributed by atoms with Crippen LogP contribution in [0.15, 0.2) is 42.6 Å². The molecule has 0 saturated carbocycles. The predicted octanol–water partition coefficient (Wildman–Crippen LogP) is 2.71. The quantitative estimate of drug-likeness (QED) is 0.837. The van der Waals surface area contributed by atoms with Crippen LogP contribution in [0, 0.1) is 0 Å². The molecular weight excluding hydrogens is 222 g/mol. The van der Waals surface area contributed by atoms with Crippen LogP contribution < -0.4 is 10.6 Å². The van der Waals surface area contributed by atoms with Gasteiger partial charge in [0.25, 0.3) is 0 Å². The zero-order valence-electron chi connectivity index (χ0n) is 11.0. The van der Waals surface area contributed by atoms with Gasteiger partial charge in [0.2, 0.25) is 0 Å². The molecule has 0 aliphatic carbocycles. The van der Waals surface area contributed by atoms with Gasteiger partial charge in [0, 0.05) is 31.7 Å². The lowest BCUT2D eigenvalue weighted by atomic mass is 10.1. The lowest BCUT2D eigenvalue weighted by Crippen LogP contribution is -2.20. The molecule has 0 fully saturated rings. The fourth-order valence-corrected chi connectivity index (χ4v) is 2.18. The second-order valence-corrected chi connectivity index (χ2v) is 4.67. The average molecular weight is 241 g/mol. The highest BCUT2D eigenvalue weighted by Crippen LogP contribution is 2.26. The summed E-state index contributed by atoms with van der Waals surface area (Å²) < 4.78 is 0. The first-order valence-corrected chi connectivity index (χ1v) is 6.05. The molecule has 0 amide bonds. The summed E-state index contributed by atoms with van der Waals surface area (Å²) in [5.74, 6) is 0.978. The largest absolute Gasteiger partial charge is 0.355 e. The number of likely N-dealkylation sites (N-methyl/N-ethyl adjacent to an activating group) is 1. The van der Waals surface area contributed by atoms with E-state index in [1.54, 1.807) is 0 Å². The molecule has 1 heterocycles. The molecule has 0 spiro atoms. The minimum absolute atomic E-state index is 0.512. The maximum absolute atomic E-state index is 5.76. The number of hydrogen-bond acceptors (Lipinski definition) is 3. The van der Waals surface area contributed by atoms with Gasteiger partial charge in [-0.1, -0.05) is 36.4 Å². The van der Waals surface area contributed by atoms with Crippen molar-refractivity contribution in [3.8, 4) is 0 Å². The molecule has 3 nitrogen and oxygen atoms in total. The number of anilines is 1. The van der Waals surface area contributed by atoms with Crippen LogP contribution in [0.2, 0.25) is 0 Å². The number of fused-ring (bicyclic) bond motifs is 1. The van der Waals surface area contributed by atoms with E-state index in [4.69, 9.17) is 5.73 Å². The molecule has 2 aromatic rings. The predicted molar refractivity (Wildman–Crippen MR) is 77.7 cm³/mol. The molecule has 0 radical (unpaired) electrons. The Bertz CT molecular complexity index is 575. The van der Waals surface area contributed by atoms with Crippen LogP contribution >= 0.6 is 0 Å². The average Bonchev–Trinajstić information content (AvgIpc) is 2.36. The maximum Gasteiger partial charge on any atom is 0.136 e. The molecule has 0 unspecified atom stereocenters. The number of pyridine rings is 1. The van der Waals surface area contributed by atoms with Crippen LogP contribution in [0.5, 0.6) is 0 Å². The highest BCUT2D eigenvalue weighted by molar-refractivity contribution is 5.94. The summed E-state index contributed by atoms with van der Waals surface area (Å²) in [7, 11) is 2.03. The van der Waals surface area contributed by atoms with Crippen LogP contribution in [-0.2, 0) is 6.54 Å². The number of aromatic nitrogens is 1. The van der Waals surface area contributed by atoms with E-state index < -0.39 is 0 Å². The summed E-state index contributed by atoms with van der Waals surface area (Å²) >= 11 is 0. The first kappa shape index (κ1) is 12.6. The van der Waals surface area contributed by atoms with E-state index in [9.17, 15) is 0 Å². The van der Waals surface area contributed by atoms with Crippen molar-refractivity contribution < 1.29 is 0 Å². The SMILES string of the molecule is C=C(C)CN(C)c1ncc(CN)c2ccccc12. The molecule has 3 heteroatoms. The van der Waals surface area contributed by atoms with Crippen molar-refractivity contribution in [2.45, 2.75) is 13.5 Å². The zero-order valence-corrected chi connectivity index (χ0v) is 11.0. The molecule has 0 aliphatic rings. The first-order chi connectivity index (χ1) is 8.63. The fourth-order valence-electron chi connectivity index (χ4n) is 2.18. The van der Waals surface area contributed by atoms with Crippen LogP contribution in [0.4, 0.5) is 5.82 Å². The van der Waals surface area contributed by atoms with Crippen LogP contribution in [0.3, 0.4) is 0 Å².